The van der Waals surface area contributed by atoms with E-state index in [1.807, 2.05) is 0 Å². The Bertz CT molecular complexity index is 243. The highest BCUT2D eigenvalue weighted by molar-refractivity contribution is 5.72. The fourth-order valence-corrected chi connectivity index (χ4v) is 2.76. The lowest BCUT2D eigenvalue weighted by molar-refractivity contribution is -0.147. The normalized spacial score (nSPS) is 27.2. The second-order valence-electron chi connectivity index (χ2n) is 5.06. The first-order valence-electron chi connectivity index (χ1n) is 6.71. The van der Waals surface area contributed by atoms with Crippen molar-refractivity contribution in [3.63, 3.8) is 0 Å². The molecule has 0 saturated carbocycles. The summed E-state index contributed by atoms with van der Waals surface area (Å²) in [5.74, 6) is 0.0859. The van der Waals surface area contributed by atoms with Crippen LogP contribution < -0.4 is 0 Å². The Hall–Kier alpha value is -0.610. The molecule has 0 aromatic heterocycles. The first-order chi connectivity index (χ1) is 8.29. The van der Waals surface area contributed by atoms with E-state index in [2.05, 4.69) is 4.90 Å². The molecule has 2 aliphatic heterocycles. The van der Waals surface area contributed by atoms with E-state index in [1.54, 1.807) is 0 Å². The lowest BCUT2D eigenvalue weighted by Crippen LogP contribution is -2.38. The Morgan fingerprint density at radius 1 is 1.35 bits per heavy atom. The third kappa shape index (κ3) is 3.68. The molecule has 2 rings (SSSR count). The van der Waals surface area contributed by atoms with E-state index in [1.165, 1.54) is 20.0 Å². The highest BCUT2D eigenvalue weighted by Crippen LogP contribution is 2.20. The fraction of sp³-hybridized carbons (Fsp3) is 0.923. The summed E-state index contributed by atoms with van der Waals surface area (Å²) >= 11 is 0. The highest BCUT2D eigenvalue weighted by atomic mass is 16.5. The van der Waals surface area contributed by atoms with Gasteiger partial charge in [0.1, 0.15) is 0 Å². The van der Waals surface area contributed by atoms with Crippen molar-refractivity contribution in [2.75, 3.05) is 33.4 Å². The topological polar surface area (TPSA) is 38.8 Å². The molecule has 2 saturated heterocycles. The van der Waals surface area contributed by atoms with Gasteiger partial charge in [-0.05, 0) is 45.2 Å². The van der Waals surface area contributed by atoms with Gasteiger partial charge in [0.15, 0.2) is 0 Å². The van der Waals surface area contributed by atoms with Crippen molar-refractivity contribution in [2.45, 2.75) is 38.2 Å². The summed E-state index contributed by atoms with van der Waals surface area (Å²) < 4.78 is 10.4. The molecule has 2 fully saturated rings. The Kier molecular flexibility index (Phi) is 4.80. The number of ether oxygens (including phenoxy) is 2. The Morgan fingerprint density at radius 3 is 2.71 bits per heavy atom. The molecule has 2 heterocycles. The van der Waals surface area contributed by atoms with E-state index >= 15 is 0 Å². The summed E-state index contributed by atoms with van der Waals surface area (Å²) in [6.07, 6.45) is 5.95. The third-order valence-electron chi connectivity index (χ3n) is 3.91. The second kappa shape index (κ2) is 6.36. The minimum Gasteiger partial charge on any atom is -0.469 e. The van der Waals surface area contributed by atoms with Gasteiger partial charge in [-0.3, -0.25) is 4.79 Å². The number of rotatable bonds is 4. The molecule has 0 radical (unpaired) electrons. The number of carbonyl (C=O) groups is 1. The van der Waals surface area contributed by atoms with Crippen molar-refractivity contribution >= 4 is 5.97 Å². The van der Waals surface area contributed by atoms with Gasteiger partial charge < -0.3 is 14.4 Å². The Labute approximate surface area is 103 Å². The zero-order chi connectivity index (χ0) is 12.1. The van der Waals surface area contributed by atoms with Crippen LogP contribution in [0, 0.1) is 5.92 Å². The molecule has 2 aliphatic rings. The van der Waals surface area contributed by atoms with E-state index in [0.29, 0.717) is 6.10 Å². The molecule has 1 unspecified atom stereocenters. The monoisotopic (exact) mass is 241 g/mol. The molecule has 1 atom stereocenters. The fourth-order valence-electron chi connectivity index (χ4n) is 2.76. The number of hydrogen-bond acceptors (Lipinski definition) is 4. The van der Waals surface area contributed by atoms with E-state index in [0.717, 1.165) is 45.5 Å². The number of nitrogens with zero attached hydrogens (tertiary/aromatic N) is 1. The predicted molar refractivity (Wildman–Crippen MR) is 64.8 cm³/mol. The van der Waals surface area contributed by atoms with Crippen LogP contribution in [-0.4, -0.2) is 50.3 Å². The summed E-state index contributed by atoms with van der Waals surface area (Å²) in [4.78, 5) is 13.8. The number of esters is 1. The molecule has 0 N–H and O–H groups in total. The Morgan fingerprint density at radius 2 is 2.12 bits per heavy atom. The molecule has 0 aromatic carbocycles. The van der Waals surface area contributed by atoms with Crippen LogP contribution in [-0.2, 0) is 14.3 Å². The molecule has 4 heteroatoms. The van der Waals surface area contributed by atoms with Crippen molar-refractivity contribution in [1.82, 2.24) is 4.90 Å². The summed E-state index contributed by atoms with van der Waals surface area (Å²) in [6.45, 7) is 4.09. The maximum Gasteiger partial charge on any atom is 0.308 e. The lowest BCUT2D eigenvalue weighted by atomic mass is 9.97. The van der Waals surface area contributed by atoms with Crippen LogP contribution in [0.5, 0.6) is 0 Å². The van der Waals surface area contributed by atoms with Gasteiger partial charge >= 0.3 is 5.97 Å². The van der Waals surface area contributed by atoms with Crippen molar-refractivity contribution < 1.29 is 14.3 Å². The minimum absolute atomic E-state index is 0.0382. The molecule has 0 aromatic rings. The number of likely N-dealkylation sites (tertiary alicyclic amines) is 1. The molecule has 4 nitrogen and oxygen atoms in total. The largest absolute Gasteiger partial charge is 0.469 e. The van der Waals surface area contributed by atoms with Gasteiger partial charge in [-0.1, -0.05) is 0 Å². The summed E-state index contributed by atoms with van der Waals surface area (Å²) in [7, 11) is 1.48. The third-order valence-corrected chi connectivity index (χ3v) is 3.91. The lowest BCUT2D eigenvalue weighted by Gasteiger charge is -2.31. The highest BCUT2D eigenvalue weighted by Gasteiger charge is 2.26. The van der Waals surface area contributed by atoms with Gasteiger partial charge in [0.05, 0.1) is 19.1 Å². The van der Waals surface area contributed by atoms with Gasteiger partial charge in [-0.25, -0.2) is 0 Å². The molecule has 0 aliphatic carbocycles. The number of hydrogen-bond donors (Lipinski definition) is 0. The number of carbonyl (C=O) groups excluding carboxylic acids is 1. The molecular weight excluding hydrogens is 218 g/mol. The van der Waals surface area contributed by atoms with Crippen LogP contribution in [0.15, 0.2) is 0 Å². The molecule has 0 spiro atoms. The van der Waals surface area contributed by atoms with Crippen LogP contribution in [0.2, 0.25) is 0 Å². The van der Waals surface area contributed by atoms with Gasteiger partial charge in [-0.2, -0.15) is 0 Å². The molecule has 17 heavy (non-hydrogen) atoms. The van der Waals surface area contributed by atoms with Gasteiger partial charge in [0, 0.05) is 13.2 Å². The standard InChI is InChI=1S/C13H23NO3/c1-16-13(15)11-4-7-14(8-5-11)9-6-12-3-2-10-17-12/h11-12H,2-10H2,1H3. The second-order valence-corrected chi connectivity index (χ2v) is 5.06. The zero-order valence-electron chi connectivity index (χ0n) is 10.7. The maximum absolute atomic E-state index is 11.4. The molecule has 98 valence electrons. The molecule has 0 amide bonds. The van der Waals surface area contributed by atoms with Gasteiger partial charge in [0.2, 0.25) is 0 Å². The first-order valence-corrected chi connectivity index (χ1v) is 6.71. The van der Waals surface area contributed by atoms with Crippen molar-refractivity contribution in [1.29, 1.82) is 0 Å². The van der Waals surface area contributed by atoms with Crippen molar-refractivity contribution in [3.05, 3.63) is 0 Å². The van der Waals surface area contributed by atoms with Crippen LogP contribution in [0.1, 0.15) is 32.1 Å². The molecular formula is C13H23NO3. The van der Waals surface area contributed by atoms with Crippen LogP contribution >= 0.6 is 0 Å². The SMILES string of the molecule is COC(=O)C1CCN(CCC2CCCO2)CC1. The summed E-state index contributed by atoms with van der Waals surface area (Å²) in [5.41, 5.74) is 0. The minimum atomic E-state index is -0.0382. The van der Waals surface area contributed by atoms with Crippen LogP contribution in [0.3, 0.4) is 0 Å². The number of methoxy groups -OCH3 is 1. The summed E-state index contributed by atoms with van der Waals surface area (Å²) in [6, 6.07) is 0. The van der Waals surface area contributed by atoms with Crippen molar-refractivity contribution in [2.24, 2.45) is 5.92 Å². The van der Waals surface area contributed by atoms with E-state index in [9.17, 15) is 4.79 Å². The zero-order valence-corrected chi connectivity index (χ0v) is 10.7. The smallest absolute Gasteiger partial charge is 0.308 e. The summed E-state index contributed by atoms with van der Waals surface area (Å²) in [5, 5.41) is 0. The maximum atomic E-state index is 11.4. The van der Waals surface area contributed by atoms with Gasteiger partial charge in [0.25, 0.3) is 0 Å². The first kappa shape index (κ1) is 12.8. The van der Waals surface area contributed by atoms with E-state index in [-0.39, 0.29) is 11.9 Å². The van der Waals surface area contributed by atoms with E-state index < -0.39 is 0 Å². The van der Waals surface area contributed by atoms with Crippen LogP contribution in [0.4, 0.5) is 0 Å². The quantitative estimate of drug-likeness (QED) is 0.698. The average Bonchev–Trinajstić information content (AvgIpc) is 2.89. The Balaban J connectivity index is 1.63. The van der Waals surface area contributed by atoms with Crippen molar-refractivity contribution in [3.8, 4) is 0 Å². The number of piperidine rings is 1. The predicted octanol–water partition coefficient (Wildman–Crippen LogP) is 1.44. The van der Waals surface area contributed by atoms with E-state index in [4.69, 9.17) is 9.47 Å². The van der Waals surface area contributed by atoms with Crippen LogP contribution in [0.25, 0.3) is 0 Å². The van der Waals surface area contributed by atoms with Gasteiger partial charge in [-0.15, -0.1) is 0 Å². The average molecular weight is 241 g/mol. The molecule has 0 bridgehead atoms.